The second-order valence-corrected chi connectivity index (χ2v) is 2.47. The first kappa shape index (κ1) is 10.8. The molecule has 0 aliphatic heterocycles. The molecule has 0 saturated heterocycles. The molecule has 0 rings (SSSR count). The van der Waals surface area contributed by atoms with Crippen LogP contribution in [-0.2, 0) is 9.78 Å². The number of unbranched alkanes of at least 4 members (excludes halogenated alkanes) is 1. The lowest BCUT2D eigenvalue weighted by Gasteiger charge is -2.06. The molecule has 0 spiro atoms. The second-order valence-electron chi connectivity index (χ2n) is 2.47. The molecule has 0 heterocycles. The number of hydrogen-bond acceptors (Lipinski definition) is 2. The Bertz CT molecular complexity index is 78.5. The van der Waals surface area contributed by atoms with Gasteiger partial charge in [-0.05, 0) is 6.42 Å². The molecule has 0 aliphatic rings. The van der Waals surface area contributed by atoms with Crippen LogP contribution < -0.4 is 0 Å². The Labute approximate surface area is 67.6 Å². The molecule has 0 amide bonds. The Hall–Kier alpha value is -0.150. The van der Waals surface area contributed by atoms with Gasteiger partial charge in [0.1, 0.15) is 0 Å². The van der Waals surface area contributed by atoms with Gasteiger partial charge in [-0.1, -0.05) is 26.7 Å². The molecule has 0 saturated carbocycles. The predicted molar refractivity (Wildman–Crippen MR) is 41.7 cm³/mol. The van der Waals surface area contributed by atoms with Gasteiger partial charge in [0.05, 0.1) is 6.61 Å². The van der Waals surface area contributed by atoms with Crippen molar-refractivity contribution in [1.29, 1.82) is 0 Å². The molecule has 0 fully saturated rings. The molecule has 1 unspecified atom stereocenters. The molecular formula is C8H17FO2. The van der Waals surface area contributed by atoms with Crippen LogP contribution in [0.2, 0.25) is 0 Å². The van der Waals surface area contributed by atoms with Crippen molar-refractivity contribution >= 4 is 0 Å². The zero-order valence-corrected chi connectivity index (χ0v) is 7.31. The smallest absolute Gasteiger partial charge is 0.231 e. The molecule has 0 radical (unpaired) electrons. The summed E-state index contributed by atoms with van der Waals surface area (Å²) in [6.07, 6.45) is 1.88. The van der Waals surface area contributed by atoms with E-state index in [4.69, 9.17) is 0 Å². The van der Waals surface area contributed by atoms with Gasteiger partial charge in [0, 0.05) is 6.42 Å². The normalized spacial score (nSPS) is 13.4. The van der Waals surface area contributed by atoms with Crippen molar-refractivity contribution in [1.82, 2.24) is 0 Å². The van der Waals surface area contributed by atoms with Crippen LogP contribution >= 0.6 is 0 Å². The third kappa shape index (κ3) is 7.75. The van der Waals surface area contributed by atoms with Crippen molar-refractivity contribution in [2.75, 3.05) is 6.61 Å². The molecule has 0 aliphatic carbocycles. The number of halogens is 1. The van der Waals surface area contributed by atoms with Crippen molar-refractivity contribution in [3.8, 4) is 0 Å². The molecule has 68 valence electrons. The quantitative estimate of drug-likeness (QED) is 0.327. The molecule has 0 N–H and O–H groups in total. The first-order valence-corrected chi connectivity index (χ1v) is 4.23. The first-order chi connectivity index (χ1) is 5.31. The highest BCUT2D eigenvalue weighted by Crippen LogP contribution is 2.03. The Morgan fingerprint density at radius 3 is 2.55 bits per heavy atom. The van der Waals surface area contributed by atoms with Gasteiger partial charge in [-0.2, -0.15) is 4.89 Å². The lowest BCUT2D eigenvalue weighted by molar-refractivity contribution is -0.352. The van der Waals surface area contributed by atoms with Crippen molar-refractivity contribution < 1.29 is 14.2 Å². The van der Waals surface area contributed by atoms with Gasteiger partial charge in [0.15, 0.2) is 0 Å². The van der Waals surface area contributed by atoms with Gasteiger partial charge in [0.2, 0.25) is 6.36 Å². The fourth-order valence-corrected chi connectivity index (χ4v) is 0.600. The van der Waals surface area contributed by atoms with Crippen LogP contribution in [0, 0.1) is 0 Å². The monoisotopic (exact) mass is 164 g/mol. The predicted octanol–water partition coefficient (Wildman–Crippen LogP) is 2.83. The second kappa shape index (κ2) is 7.95. The van der Waals surface area contributed by atoms with Crippen LogP contribution in [0.4, 0.5) is 4.39 Å². The van der Waals surface area contributed by atoms with Crippen molar-refractivity contribution in [2.45, 2.75) is 45.9 Å². The summed E-state index contributed by atoms with van der Waals surface area (Å²) in [7, 11) is 0. The van der Waals surface area contributed by atoms with E-state index < -0.39 is 6.36 Å². The summed E-state index contributed by atoms with van der Waals surface area (Å²) in [5.41, 5.74) is 0. The van der Waals surface area contributed by atoms with Gasteiger partial charge in [-0.15, -0.1) is 0 Å². The van der Waals surface area contributed by atoms with E-state index in [-0.39, 0.29) is 0 Å². The van der Waals surface area contributed by atoms with Crippen LogP contribution in [0.25, 0.3) is 0 Å². The van der Waals surface area contributed by atoms with E-state index in [9.17, 15) is 4.39 Å². The summed E-state index contributed by atoms with van der Waals surface area (Å²) in [6, 6.07) is 0. The minimum absolute atomic E-state index is 0.409. The molecule has 0 bridgehead atoms. The molecule has 2 nitrogen and oxygen atoms in total. The van der Waals surface area contributed by atoms with E-state index >= 15 is 0 Å². The van der Waals surface area contributed by atoms with Crippen molar-refractivity contribution in [3.05, 3.63) is 0 Å². The van der Waals surface area contributed by atoms with Crippen molar-refractivity contribution in [2.24, 2.45) is 0 Å². The molecule has 3 heteroatoms. The zero-order valence-electron chi connectivity index (χ0n) is 7.31. The summed E-state index contributed by atoms with van der Waals surface area (Å²) in [5.74, 6) is 0. The Morgan fingerprint density at radius 1 is 1.27 bits per heavy atom. The fraction of sp³-hybridized carbons (Fsp3) is 1.00. The van der Waals surface area contributed by atoms with Gasteiger partial charge in [-0.3, -0.25) is 0 Å². The van der Waals surface area contributed by atoms with E-state index in [1.165, 1.54) is 0 Å². The highest BCUT2D eigenvalue weighted by molar-refractivity contribution is 4.35. The van der Waals surface area contributed by atoms with Crippen LogP contribution in [0.3, 0.4) is 0 Å². The first-order valence-electron chi connectivity index (χ1n) is 4.23. The van der Waals surface area contributed by atoms with E-state index in [1.807, 2.05) is 13.8 Å². The standard InChI is InChI=1S/C8H17FO2/c1-3-5-7-10-11-8(9)6-4-2/h8H,3-7H2,1-2H3. The van der Waals surface area contributed by atoms with Gasteiger partial charge in [0.25, 0.3) is 0 Å². The van der Waals surface area contributed by atoms with E-state index in [1.54, 1.807) is 0 Å². The largest absolute Gasteiger partial charge is 0.234 e. The average Bonchev–Trinajstić information content (AvgIpc) is 1.99. The lowest BCUT2D eigenvalue weighted by atomic mass is 10.3. The number of rotatable bonds is 7. The third-order valence-electron chi connectivity index (χ3n) is 1.27. The highest BCUT2D eigenvalue weighted by Gasteiger charge is 2.04. The molecule has 0 aromatic heterocycles. The van der Waals surface area contributed by atoms with Crippen molar-refractivity contribution in [3.63, 3.8) is 0 Å². The third-order valence-corrected chi connectivity index (χ3v) is 1.27. The SMILES string of the molecule is CCCCOOC(F)CCC. The highest BCUT2D eigenvalue weighted by atomic mass is 19.1. The van der Waals surface area contributed by atoms with Crippen LogP contribution in [0.5, 0.6) is 0 Å². The van der Waals surface area contributed by atoms with Crippen LogP contribution in [0.15, 0.2) is 0 Å². The summed E-state index contributed by atoms with van der Waals surface area (Å²) in [6.45, 7) is 4.44. The Kier molecular flexibility index (Phi) is 7.84. The number of hydrogen-bond donors (Lipinski definition) is 0. The maximum Gasteiger partial charge on any atom is 0.231 e. The molecule has 1 atom stereocenters. The average molecular weight is 164 g/mol. The minimum Gasteiger partial charge on any atom is -0.234 e. The Balaban J connectivity index is 2.97. The van der Waals surface area contributed by atoms with Crippen LogP contribution in [-0.4, -0.2) is 13.0 Å². The summed E-state index contributed by atoms with van der Waals surface area (Å²) < 4.78 is 12.5. The van der Waals surface area contributed by atoms with E-state index in [2.05, 4.69) is 9.78 Å². The van der Waals surface area contributed by atoms with E-state index in [0.717, 1.165) is 19.3 Å². The maximum atomic E-state index is 12.5. The maximum absolute atomic E-state index is 12.5. The number of alkyl halides is 1. The van der Waals surface area contributed by atoms with E-state index in [0.29, 0.717) is 13.0 Å². The molecule has 0 aromatic rings. The summed E-state index contributed by atoms with van der Waals surface area (Å²) in [5, 5.41) is 0. The lowest BCUT2D eigenvalue weighted by Crippen LogP contribution is -2.07. The van der Waals surface area contributed by atoms with Crippen LogP contribution in [0.1, 0.15) is 39.5 Å². The minimum atomic E-state index is -1.25. The van der Waals surface area contributed by atoms with Gasteiger partial charge < -0.3 is 0 Å². The summed E-state index contributed by atoms with van der Waals surface area (Å²) >= 11 is 0. The van der Waals surface area contributed by atoms with Gasteiger partial charge >= 0.3 is 0 Å². The molecular weight excluding hydrogens is 147 g/mol. The summed E-state index contributed by atoms with van der Waals surface area (Å²) in [4.78, 5) is 9.03. The topological polar surface area (TPSA) is 18.5 Å². The molecule has 0 aromatic carbocycles. The fourth-order valence-electron chi connectivity index (χ4n) is 0.600. The molecule has 11 heavy (non-hydrogen) atoms. The van der Waals surface area contributed by atoms with Gasteiger partial charge in [-0.25, -0.2) is 9.28 Å². The Morgan fingerprint density at radius 2 is 2.00 bits per heavy atom. The zero-order chi connectivity index (χ0) is 8.53.